The van der Waals surface area contributed by atoms with Crippen molar-refractivity contribution in [2.45, 2.75) is 20.0 Å². The second-order valence-corrected chi connectivity index (χ2v) is 3.36. The fourth-order valence-electron chi connectivity index (χ4n) is 1.59. The van der Waals surface area contributed by atoms with Gasteiger partial charge in [0.05, 0.1) is 6.10 Å². The van der Waals surface area contributed by atoms with Gasteiger partial charge in [-0.2, -0.15) is 0 Å². The molecule has 14 heavy (non-hydrogen) atoms. The van der Waals surface area contributed by atoms with E-state index in [2.05, 4.69) is 36.5 Å². The van der Waals surface area contributed by atoms with Crippen LogP contribution < -0.4 is 5.32 Å². The van der Waals surface area contributed by atoms with Gasteiger partial charge in [-0.1, -0.05) is 24.3 Å². The minimum atomic E-state index is 0.172. The zero-order chi connectivity index (χ0) is 10.4. The minimum absolute atomic E-state index is 0.172. The van der Waals surface area contributed by atoms with E-state index in [0.29, 0.717) is 0 Å². The van der Waals surface area contributed by atoms with Crippen LogP contribution in [0.2, 0.25) is 0 Å². The molecule has 1 rings (SSSR count). The molecule has 2 nitrogen and oxygen atoms in total. The predicted octanol–water partition coefficient (Wildman–Crippen LogP) is 2.29. The van der Waals surface area contributed by atoms with Crippen molar-refractivity contribution >= 4 is 0 Å². The highest BCUT2D eigenvalue weighted by Gasteiger charge is 2.11. The van der Waals surface area contributed by atoms with Crippen LogP contribution in [0.1, 0.15) is 24.2 Å². The van der Waals surface area contributed by atoms with E-state index in [9.17, 15) is 0 Å². The highest BCUT2D eigenvalue weighted by Crippen LogP contribution is 2.19. The molecule has 1 atom stereocenters. The smallest absolute Gasteiger partial charge is 0.0951 e. The normalized spacial score (nSPS) is 12.8. The number of benzene rings is 1. The molecule has 1 aromatic carbocycles. The van der Waals surface area contributed by atoms with Gasteiger partial charge in [0.25, 0.3) is 0 Å². The Morgan fingerprint density at radius 3 is 2.64 bits per heavy atom. The molecule has 1 N–H and O–H groups in total. The summed E-state index contributed by atoms with van der Waals surface area (Å²) >= 11 is 0. The standard InChI is InChI=1S/C12H19NO/c1-4-14-12(9-13-3)11-8-6-5-7-10(11)2/h5-8,12-13H,4,9H2,1-3H3/t12-/m0/s1. The van der Waals surface area contributed by atoms with Gasteiger partial charge in [-0.05, 0) is 32.0 Å². The van der Waals surface area contributed by atoms with Gasteiger partial charge in [0, 0.05) is 13.2 Å². The summed E-state index contributed by atoms with van der Waals surface area (Å²) in [5.41, 5.74) is 2.57. The first-order chi connectivity index (χ1) is 6.79. The average molecular weight is 193 g/mol. The lowest BCUT2D eigenvalue weighted by Gasteiger charge is -2.18. The van der Waals surface area contributed by atoms with Gasteiger partial charge < -0.3 is 10.1 Å². The molecule has 0 fully saturated rings. The van der Waals surface area contributed by atoms with Crippen LogP contribution in [-0.4, -0.2) is 20.2 Å². The van der Waals surface area contributed by atoms with E-state index < -0.39 is 0 Å². The summed E-state index contributed by atoms with van der Waals surface area (Å²) in [4.78, 5) is 0. The molecule has 0 aromatic heterocycles. The quantitative estimate of drug-likeness (QED) is 0.774. The molecule has 0 spiro atoms. The molecule has 2 heteroatoms. The molecule has 1 aromatic rings. The molecular weight excluding hydrogens is 174 g/mol. The number of nitrogens with one attached hydrogen (secondary N) is 1. The van der Waals surface area contributed by atoms with Gasteiger partial charge >= 0.3 is 0 Å². The van der Waals surface area contributed by atoms with E-state index >= 15 is 0 Å². The average Bonchev–Trinajstić information content (AvgIpc) is 2.18. The lowest BCUT2D eigenvalue weighted by atomic mass is 10.0. The fraction of sp³-hybridized carbons (Fsp3) is 0.500. The maximum atomic E-state index is 5.69. The van der Waals surface area contributed by atoms with Crippen molar-refractivity contribution in [3.63, 3.8) is 0 Å². The summed E-state index contributed by atoms with van der Waals surface area (Å²) in [7, 11) is 1.95. The number of hydrogen-bond donors (Lipinski definition) is 1. The van der Waals surface area contributed by atoms with E-state index in [0.717, 1.165) is 13.2 Å². The zero-order valence-corrected chi connectivity index (χ0v) is 9.21. The molecule has 0 bridgehead atoms. The number of aryl methyl sites for hydroxylation is 1. The summed E-state index contributed by atoms with van der Waals surface area (Å²) in [5, 5.41) is 3.15. The first kappa shape index (κ1) is 11.2. The summed E-state index contributed by atoms with van der Waals surface area (Å²) in [6.45, 7) is 5.76. The van der Waals surface area contributed by atoms with Crippen molar-refractivity contribution < 1.29 is 4.74 Å². The first-order valence-electron chi connectivity index (χ1n) is 5.11. The lowest BCUT2D eigenvalue weighted by molar-refractivity contribution is 0.0634. The van der Waals surface area contributed by atoms with E-state index in [1.165, 1.54) is 11.1 Å². The molecule has 0 heterocycles. The van der Waals surface area contributed by atoms with Crippen LogP contribution in [0.5, 0.6) is 0 Å². The molecule has 0 saturated heterocycles. The van der Waals surface area contributed by atoms with Crippen molar-refractivity contribution in [3.8, 4) is 0 Å². The van der Waals surface area contributed by atoms with Gasteiger partial charge in [-0.3, -0.25) is 0 Å². The first-order valence-corrected chi connectivity index (χ1v) is 5.11. The van der Waals surface area contributed by atoms with Crippen molar-refractivity contribution in [3.05, 3.63) is 35.4 Å². The SMILES string of the molecule is CCO[C@@H](CNC)c1ccccc1C. The predicted molar refractivity (Wildman–Crippen MR) is 59.5 cm³/mol. The monoisotopic (exact) mass is 193 g/mol. The molecule has 0 unspecified atom stereocenters. The molecule has 0 amide bonds. The van der Waals surface area contributed by atoms with Crippen LogP contribution in [-0.2, 0) is 4.74 Å². The Labute approximate surface area is 86.3 Å². The Morgan fingerprint density at radius 1 is 1.36 bits per heavy atom. The number of hydrogen-bond acceptors (Lipinski definition) is 2. The summed E-state index contributed by atoms with van der Waals surface area (Å²) in [6.07, 6.45) is 0.172. The Hall–Kier alpha value is -0.860. The molecule has 0 saturated carbocycles. The minimum Gasteiger partial charge on any atom is -0.372 e. The second-order valence-electron chi connectivity index (χ2n) is 3.36. The highest BCUT2D eigenvalue weighted by atomic mass is 16.5. The van der Waals surface area contributed by atoms with Gasteiger partial charge in [-0.15, -0.1) is 0 Å². The Kier molecular flexibility index (Phi) is 4.63. The van der Waals surface area contributed by atoms with Gasteiger partial charge in [0.2, 0.25) is 0 Å². The van der Waals surface area contributed by atoms with Crippen LogP contribution in [0, 0.1) is 6.92 Å². The molecule has 0 aliphatic carbocycles. The van der Waals surface area contributed by atoms with Crippen LogP contribution in [0.3, 0.4) is 0 Å². The van der Waals surface area contributed by atoms with E-state index in [4.69, 9.17) is 4.74 Å². The Morgan fingerprint density at radius 2 is 2.07 bits per heavy atom. The third-order valence-electron chi connectivity index (χ3n) is 2.29. The summed E-state index contributed by atoms with van der Waals surface area (Å²) < 4.78 is 5.69. The zero-order valence-electron chi connectivity index (χ0n) is 9.21. The maximum absolute atomic E-state index is 5.69. The van der Waals surface area contributed by atoms with Crippen LogP contribution in [0.4, 0.5) is 0 Å². The third kappa shape index (κ3) is 2.82. The number of likely N-dealkylation sites (N-methyl/N-ethyl adjacent to an activating group) is 1. The van der Waals surface area contributed by atoms with Crippen molar-refractivity contribution in [1.82, 2.24) is 5.32 Å². The van der Waals surface area contributed by atoms with Crippen molar-refractivity contribution in [1.29, 1.82) is 0 Å². The van der Waals surface area contributed by atoms with Gasteiger partial charge in [0.1, 0.15) is 0 Å². The Balaban J connectivity index is 2.81. The lowest BCUT2D eigenvalue weighted by Crippen LogP contribution is -2.20. The van der Waals surface area contributed by atoms with E-state index in [1.54, 1.807) is 0 Å². The third-order valence-corrected chi connectivity index (χ3v) is 2.29. The second kappa shape index (κ2) is 5.78. The fourth-order valence-corrected chi connectivity index (χ4v) is 1.59. The molecule has 0 aliphatic heterocycles. The summed E-state index contributed by atoms with van der Waals surface area (Å²) in [6, 6.07) is 8.37. The van der Waals surface area contributed by atoms with Gasteiger partial charge in [-0.25, -0.2) is 0 Å². The number of ether oxygens (including phenoxy) is 1. The maximum Gasteiger partial charge on any atom is 0.0951 e. The Bertz CT molecular complexity index is 267. The van der Waals surface area contributed by atoms with E-state index in [1.807, 2.05) is 14.0 Å². The molecule has 0 radical (unpaired) electrons. The highest BCUT2D eigenvalue weighted by molar-refractivity contribution is 5.28. The largest absolute Gasteiger partial charge is 0.372 e. The van der Waals surface area contributed by atoms with Crippen LogP contribution in [0.15, 0.2) is 24.3 Å². The topological polar surface area (TPSA) is 21.3 Å². The van der Waals surface area contributed by atoms with Crippen molar-refractivity contribution in [2.24, 2.45) is 0 Å². The van der Waals surface area contributed by atoms with Crippen LogP contribution >= 0.6 is 0 Å². The molecule has 78 valence electrons. The van der Waals surface area contributed by atoms with Crippen molar-refractivity contribution in [2.75, 3.05) is 20.2 Å². The molecular formula is C12H19NO. The molecule has 0 aliphatic rings. The van der Waals surface area contributed by atoms with E-state index in [-0.39, 0.29) is 6.10 Å². The summed E-state index contributed by atoms with van der Waals surface area (Å²) in [5.74, 6) is 0. The van der Waals surface area contributed by atoms with Crippen LogP contribution in [0.25, 0.3) is 0 Å². The number of rotatable bonds is 5. The van der Waals surface area contributed by atoms with Gasteiger partial charge in [0.15, 0.2) is 0 Å².